The molecule has 0 bridgehead atoms. The van der Waals surface area contributed by atoms with Gasteiger partial charge in [-0.25, -0.2) is 0 Å². The third-order valence-corrected chi connectivity index (χ3v) is 3.16. The highest BCUT2D eigenvalue weighted by molar-refractivity contribution is 5.93. The van der Waals surface area contributed by atoms with Gasteiger partial charge in [0.05, 0.1) is 17.7 Å². The average Bonchev–Trinajstić information content (AvgIpc) is 2.55. The van der Waals surface area contributed by atoms with Gasteiger partial charge in [-0.1, -0.05) is 24.3 Å². The van der Waals surface area contributed by atoms with Gasteiger partial charge in [-0.2, -0.15) is 13.2 Å². The summed E-state index contributed by atoms with van der Waals surface area (Å²) >= 11 is 0. The Morgan fingerprint density at radius 2 is 1.68 bits per heavy atom. The number of phenolic OH excluding ortho intramolecular Hbond substituents is 1. The van der Waals surface area contributed by atoms with E-state index in [1.54, 1.807) is 0 Å². The number of ether oxygens (including phenoxy) is 1. The number of rotatable bonds is 5. The molecule has 0 fully saturated rings. The molecule has 2 aromatic carbocycles. The number of aromatic hydroxyl groups is 1. The third-order valence-electron chi connectivity index (χ3n) is 3.16. The van der Waals surface area contributed by atoms with Crippen LogP contribution in [0.2, 0.25) is 0 Å². The number of hydrogen-bond donors (Lipinski definition) is 2. The zero-order valence-electron chi connectivity index (χ0n) is 12.8. The van der Waals surface area contributed by atoms with Crippen molar-refractivity contribution in [2.45, 2.75) is 12.6 Å². The Hall–Kier alpha value is -3.03. The van der Waals surface area contributed by atoms with Crippen molar-refractivity contribution in [2.24, 2.45) is 0 Å². The molecule has 2 aromatic rings. The van der Waals surface area contributed by atoms with Crippen LogP contribution in [0.5, 0.6) is 5.75 Å². The lowest BCUT2D eigenvalue weighted by molar-refractivity contribution is -0.146. The molecule has 0 saturated carbocycles. The first-order valence-electron chi connectivity index (χ1n) is 7.15. The fourth-order valence-corrected chi connectivity index (χ4v) is 2.00. The van der Waals surface area contributed by atoms with Crippen LogP contribution < -0.4 is 5.32 Å². The lowest BCUT2D eigenvalue weighted by atomic mass is 10.1. The van der Waals surface area contributed by atoms with Gasteiger partial charge in [0, 0.05) is 0 Å². The second-order valence-electron chi connectivity index (χ2n) is 5.10. The van der Waals surface area contributed by atoms with E-state index in [-0.39, 0.29) is 12.2 Å². The highest BCUT2D eigenvalue weighted by Gasteiger charge is 2.33. The fourth-order valence-electron chi connectivity index (χ4n) is 2.00. The Kier molecular flexibility index (Phi) is 5.63. The first kappa shape index (κ1) is 18.3. The van der Waals surface area contributed by atoms with Gasteiger partial charge in [-0.15, -0.1) is 0 Å². The van der Waals surface area contributed by atoms with Gasteiger partial charge in [0.15, 0.2) is 6.61 Å². The number of carbonyl (C=O) groups is 2. The van der Waals surface area contributed by atoms with E-state index in [0.717, 1.165) is 12.1 Å². The van der Waals surface area contributed by atoms with Crippen LogP contribution in [0.3, 0.4) is 0 Å². The summed E-state index contributed by atoms with van der Waals surface area (Å²) in [6, 6.07) is 10.3. The Bertz CT molecular complexity index is 757. The first-order chi connectivity index (χ1) is 11.8. The minimum atomic E-state index is -4.61. The number of nitrogens with one attached hydrogen (secondary N) is 1. The number of esters is 1. The maximum atomic E-state index is 12.8. The largest absolute Gasteiger partial charge is 0.508 e. The number of benzene rings is 2. The van der Waals surface area contributed by atoms with Gasteiger partial charge in [0.2, 0.25) is 0 Å². The number of amides is 1. The summed E-state index contributed by atoms with van der Waals surface area (Å²) in [5.41, 5.74) is -0.834. The Morgan fingerprint density at radius 3 is 2.32 bits per heavy atom. The Morgan fingerprint density at radius 1 is 1.04 bits per heavy atom. The summed E-state index contributed by atoms with van der Waals surface area (Å²) in [6.45, 7) is -0.705. The highest BCUT2D eigenvalue weighted by Crippen LogP contribution is 2.34. The van der Waals surface area contributed by atoms with Gasteiger partial charge in [0.25, 0.3) is 5.91 Å². The van der Waals surface area contributed by atoms with Crippen molar-refractivity contribution < 1.29 is 32.6 Å². The molecule has 1 amide bonds. The van der Waals surface area contributed by atoms with E-state index < -0.39 is 35.9 Å². The van der Waals surface area contributed by atoms with E-state index in [0.29, 0.717) is 5.56 Å². The van der Waals surface area contributed by atoms with Crippen molar-refractivity contribution in [1.82, 2.24) is 0 Å². The van der Waals surface area contributed by atoms with Crippen LogP contribution in [-0.4, -0.2) is 23.6 Å². The maximum absolute atomic E-state index is 12.8. The summed E-state index contributed by atoms with van der Waals surface area (Å²) in [5, 5.41) is 11.2. The van der Waals surface area contributed by atoms with E-state index in [1.165, 1.54) is 36.4 Å². The molecular weight excluding hydrogens is 339 g/mol. The third kappa shape index (κ3) is 5.52. The molecule has 8 heteroatoms. The van der Waals surface area contributed by atoms with Crippen molar-refractivity contribution in [3.8, 4) is 5.75 Å². The first-order valence-corrected chi connectivity index (χ1v) is 7.15. The summed E-state index contributed by atoms with van der Waals surface area (Å²) in [6.07, 6.45) is -4.74. The smallest absolute Gasteiger partial charge is 0.418 e. The molecule has 0 unspecified atom stereocenters. The molecule has 0 radical (unpaired) electrons. The number of hydrogen-bond acceptors (Lipinski definition) is 4. The van der Waals surface area contributed by atoms with Gasteiger partial charge in [0.1, 0.15) is 5.75 Å². The average molecular weight is 353 g/mol. The topological polar surface area (TPSA) is 75.6 Å². The summed E-state index contributed by atoms with van der Waals surface area (Å²) in [5.74, 6) is -1.56. The van der Waals surface area contributed by atoms with E-state index in [4.69, 9.17) is 9.84 Å². The van der Waals surface area contributed by atoms with Crippen molar-refractivity contribution in [3.05, 3.63) is 59.7 Å². The maximum Gasteiger partial charge on any atom is 0.418 e. The minimum Gasteiger partial charge on any atom is -0.508 e. The molecule has 0 spiro atoms. The van der Waals surface area contributed by atoms with Crippen molar-refractivity contribution in [2.75, 3.05) is 11.9 Å². The van der Waals surface area contributed by atoms with Crippen molar-refractivity contribution in [3.63, 3.8) is 0 Å². The lowest BCUT2D eigenvalue weighted by Crippen LogP contribution is -2.23. The van der Waals surface area contributed by atoms with Crippen LogP contribution in [0.1, 0.15) is 11.1 Å². The van der Waals surface area contributed by atoms with Crippen LogP contribution in [0.15, 0.2) is 48.5 Å². The molecule has 0 aliphatic heterocycles. The highest BCUT2D eigenvalue weighted by atomic mass is 19.4. The molecule has 2 N–H and O–H groups in total. The SMILES string of the molecule is O=C(COC(=O)Cc1ccc(O)cc1)Nc1ccccc1C(F)(F)F. The number of anilines is 1. The number of halogens is 3. The van der Waals surface area contributed by atoms with E-state index in [1.807, 2.05) is 0 Å². The van der Waals surface area contributed by atoms with Gasteiger partial charge >= 0.3 is 12.1 Å². The second-order valence-corrected chi connectivity index (χ2v) is 5.10. The van der Waals surface area contributed by atoms with Crippen LogP contribution in [0, 0.1) is 0 Å². The van der Waals surface area contributed by atoms with Gasteiger partial charge < -0.3 is 15.2 Å². The fraction of sp³-hybridized carbons (Fsp3) is 0.176. The number of phenols is 1. The van der Waals surface area contributed by atoms with E-state index in [9.17, 15) is 22.8 Å². The molecule has 5 nitrogen and oxygen atoms in total. The molecule has 0 heterocycles. The predicted molar refractivity (Wildman–Crippen MR) is 82.8 cm³/mol. The van der Waals surface area contributed by atoms with Crippen LogP contribution in [-0.2, 0) is 26.9 Å². The summed E-state index contributed by atoms with van der Waals surface area (Å²) in [7, 11) is 0. The van der Waals surface area contributed by atoms with Crippen LogP contribution in [0.4, 0.5) is 18.9 Å². The minimum absolute atomic E-state index is 0.0415. The quantitative estimate of drug-likeness (QED) is 0.810. The standard InChI is InChI=1S/C17H14F3NO4/c18-17(19,20)13-3-1-2-4-14(13)21-15(23)10-25-16(24)9-11-5-7-12(22)8-6-11/h1-8,22H,9-10H2,(H,21,23). The molecule has 0 aliphatic carbocycles. The van der Waals surface area contributed by atoms with E-state index >= 15 is 0 Å². The number of para-hydroxylation sites is 1. The normalized spacial score (nSPS) is 11.0. The van der Waals surface area contributed by atoms with Crippen molar-refractivity contribution >= 4 is 17.6 Å². The molecule has 0 saturated heterocycles. The lowest BCUT2D eigenvalue weighted by Gasteiger charge is -2.13. The molecule has 0 atom stereocenters. The molecule has 0 aromatic heterocycles. The van der Waals surface area contributed by atoms with Gasteiger partial charge in [-0.05, 0) is 29.8 Å². The number of alkyl halides is 3. The van der Waals surface area contributed by atoms with Crippen LogP contribution >= 0.6 is 0 Å². The zero-order chi connectivity index (χ0) is 18.4. The second kappa shape index (κ2) is 7.69. The summed E-state index contributed by atoms with van der Waals surface area (Å²) in [4.78, 5) is 23.3. The zero-order valence-corrected chi connectivity index (χ0v) is 12.8. The monoisotopic (exact) mass is 353 g/mol. The molecule has 132 valence electrons. The Labute approximate surface area is 141 Å². The van der Waals surface area contributed by atoms with Crippen molar-refractivity contribution in [1.29, 1.82) is 0 Å². The molecule has 0 aliphatic rings. The molecular formula is C17H14F3NO4. The molecule has 25 heavy (non-hydrogen) atoms. The number of carbonyl (C=O) groups excluding carboxylic acids is 2. The predicted octanol–water partition coefficient (Wildman–Crippen LogP) is 3.14. The summed E-state index contributed by atoms with van der Waals surface area (Å²) < 4.78 is 43.2. The van der Waals surface area contributed by atoms with Gasteiger partial charge in [-0.3, -0.25) is 9.59 Å². The van der Waals surface area contributed by atoms with E-state index in [2.05, 4.69) is 5.32 Å². The Balaban J connectivity index is 1.89. The van der Waals surface area contributed by atoms with Crippen LogP contribution in [0.25, 0.3) is 0 Å². The molecule has 2 rings (SSSR count).